The summed E-state index contributed by atoms with van der Waals surface area (Å²) in [4.78, 5) is 23.0. The lowest BCUT2D eigenvalue weighted by Crippen LogP contribution is -2.13. The Labute approximate surface area is 145 Å². The van der Waals surface area contributed by atoms with Crippen molar-refractivity contribution in [2.45, 2.75) is 6.92 Å². The number of rotatable bonds is 6. The first-order chi connectivity index (χ1) is 12.0. The van der Waals surface area contributed by atoms with Crippen LogP contribution in [-0.4, -0.2) is 23.6 Å². The number of carbonyl (C=O) groups is 2. The average molecular weight is 336 g/mol. The first kappa shape index (κ1) is 17.8. The summed E-state index contributed by atoms with van der Waals surface area (Å²) in [6.07, 6.45) is 1.47. The molecule has 0 atom stereocenters. The van der Waals surface area contributed by atoms with Gasteiger partial charge in [0.05, 0.1) is 12.2 Å². The summed E-state index contributed by atoms with van der Waals surface area (Å²) in [5, 5.41) is 20.6. The van der Waals surface area contributed by atoms with Crippen LogP contribution in [0.4, 0.5) is 5.69 Å². The van der Waals surface area contributed by atoms with Crippen molar-refractivity contribution >= 4 is 23.6 Å². The van der Waals surface area contributed by atoms with E-state index in [4.69, 9.17) is 9.84 Å². The van der Waals surface area contributed by atoms with E-state index >= 15 is 0 Å². The molecule has 2 aromatic carbocycles. The third-order valence-corrected chi connectivity index (χ3v) is 3.26. The summed E-state index contributed by atoms with van der Waals surface area (Å²) >= 11 is 0. The van der Waals surface area contributed by atoms with Crippen molar-refractivity contribution in [3.05, 3.63) is 65.2 Å². The maximum atomic E-state index is 12.2. The second-order valence-corrected chi connectivity index (χ2v) is 5.01. The summed E-state index contributed by atoms with van der Waals surface area (Å²) in [6.45, 7) is 2.44. The van der Waals surface area contributed by atoms with E-state index in [-0.39, 0.29) is 11.1 Å². The lowest BCUT2D eigenvalue weighted by Gasteiger charge is -2.05. The number of carboxylic acids is 1. The van der Waals surface area contributed by atoms with Crippen LogP contribution in [0.5, 0.6) is 5.75 Å². The smallest absolute Gasteiger partial charge is 0.335 e. The quantitative estimate of drug-likeness (QED) is 0.622. The Balaban J connectivity index is 2.12. The van der Waals surface area contributed by atoms with Gasteiger partial charge in [0.2, 0.25) is 0 Å². The number of nitrogens with zero attached hydrogens (tertiary/aromatic N) is 1. The fraction of sp³-hybridized carbons (Fsp3) is 0.105. The van der Waals surface area contributed by atoms with Crippen LogP contribution in [-0.2, 0) is 4.79 Å². The normalized spacial score (nSPS) is 10.6. The second kappa shape index (κ2) is 8.31. The summed E-state index contributed by atoms with van der Waals surface area (Å²) < 4.78 is 5.34. The number of nitrogens with one attached hydrogen (secondary N) is 1. The molecule has 0 saturated carbocycles. The average Bonchev–Trinajstić information content (AvgIpc) is 2.61. The van der Waals surface area contributed by atoms with Gasteiger partial charge in [-0.25, -0.2) is 4.79 Å². The molecule has 0 aromatic heterocycles. The number of amides is 1. The van der Waals surface area contributed by atoms with Crippen molar-refractivity contribution < 1.29 is 19.4 Å². The van der Waals surface area contributed by atoms with E-state index in [1.807, 2.05) is 13.0 Å². The Kier molecular flexibility index (Phi) is 5.91. The van der Waals surface area contributed by atoms with Crippen molar-refractivity contribution in [1.29, 1.82) is 5.26 Å². The van der Waals surface area contributed by atoms with Crippen LogP contribution < -0.4 is 10.1 Å². The zero-order valence-electron chi connectivity index (χ0n) is 13.5. The SMILES string of the molecule is CCOc1ccc(/C=C(/C#N)C(=O)Nc2ccc(C(=O)O)cc2)cc1. The molecule has 0 unspecified atom stereocenters. The van der Waals surface area contributed by atoms with Gasteiger partial charge in [0, 0.05) is 5.69 Å². The third-order valence-electron chi connectivity index (χ3n) is 3.26. The highest BCUT2D eigenvalue weighted by Crippen LogP contribution is 2.16. The lowest BCUT2D eigenvalue weighted by molar-refractivity contribution is -0.112. The molecule has 25 heavy (non-hydrogen) atoms. The van der Waals surface area contributed by atoms with E-state index in [1.54, 1.807) is 24.3 Å². The van der Waals surface area contributed by atoms with Crippen molar-refractivity contribution in [2.24, 2.45) is 0 Å². The fourth-order valence-electron chi connectivity index (χ4n) is 2.04. The Morgan fingerprint density at radius 1 is 1.16 bits per heavy atom. The van der Waals surface area contributed by atoms with E-state index in [0.717, 1.165) is 0 Å². The Morgan fingerprint density at radius 3 is 2.32 bits per heavy atom. The molecule has 0 aliphatic carbocycles. The van der Waals surface area contributed by atoms with Crippen molar-refractivity contribution in [1.82, 2.24) is 0 Å². The van der Waals surface area contributed by atoms with Crippen LogP contribution in [0, 0.1) is 11.3 Å². The van der Waals surface area contributed by atoms with Gasteiger partial charge in [-0.1, -0.05) is 12.1 Å². The van der Waals surface area contributed by atoms with E-state index < -0.39 is 11.9 Å². The Hall–Kier alpha value is -3.59. The molecule has 0 radical (unpaired) electrons. The summed E-state index contributed by atoms with van der Waals surface area (Å²) in [5.41, 5.74) is 1.15. The monoisotopic (exact) mass is 336 g/mol. The minimum absolute atomic E-state index is 0.0635. The summed E-state index contributed by atoms with van der Waals surface area (Å²) in [6, 6.07) is 14.6. The van der Waals surface area contributed by atoms with Crippen LogP contribution in [0.3, 0.4) is 0 Å². The van der Waals surface area contributed by atoms with E-state index in [2.05, 4.69) is 5.32 Å². The van der Waals surface area contributed by atoms with E-state index in [9.17, 15) is 14.9 Å². The van der Waals surface area contributed by atoms with Gasteiger partial charge in [-0.15, -0.1) is 0 Å². The van der Waals surface area contributed by atoms with Gasteiger partial charge in [-0.2, -0.15) is 5.26 Å². The summed E-state index contributed by atoms with van der Waals surface area (Å²) in [5.74, 6) is -0.911. The maximum Gasteiger partial charge on any atom is 0.335 e. The molecule has 0 spiro atoms. The van der Waals surface area contributed by atoms with Gasteiger partial charge >= 0.3 is 5.97 Å². The molecule has 2 rings (SSSR count). The first-order valence-electron chi connectivity index (χ1n) is 7.53. The predicted molar refractivity (Wildman–Crippen MR) is 93.2 cm³/mol. The maximum absolute atomic E-state index is 12.2. The molecule has 0 heterocycles. The number of carboxylic acid groups (broad SMARTS) is 1. The fourth-order valence-corrected chi connectivity index (χ4v) is 2.04. The molecule has 6 heteroatoms. The largest absolute Gasteiger partial charge is 0.494 e. The molecule has 126 valence electrons. The molecule has 2 N–H and O–H groups in total. The number of hydrogen-bond donors (Lipinski definition) is 2. The van der Waals surface area contributed by atoms with Crippen LogP contribution in [0.15, 0.2) is 54.1 Å². The standard InChI is InChI=1S/C19H16N2O4/c1-2-25-17-9-3-13(4-10-17)11-15(12-20)18(22)21-16-7-5-14(6-8-16)19(23)24/h3-11H,2H2,1H3,(H,21,22)(H,23,24)/b15-11-. The van der Waals surface area contributed by atoms with Crippen LogP contribution in [0.25, 0.3) is 6.08 Å². The van der Waals surface area contributed by atoms with E-state index in [1.165, 1.54) is 30.3 Å². The van der Waals surface area contributed by atoms with Gasteiger partial charge in [-0.05, 0) is 55.0 Å². The molecular formula is C19H16N2O4. The molecule has 0 bridgehead atoms. The first-order valence-corrected chi connectivity index (χ1v) is 7.53. The number of hydrogen-bond acceptors (Lipinski definition) is 4. The number of carbonyl (C=O) groups excluding carboxylic acids is 1. The Morgan fingerprint density at radius 2 is 1.80 bits per heavy atom. The van der Waals surface area contributed by atoms with Crippen molar-refractivity contribution in [2.75, 3.05) is 11.9 Å². The second-order valence-electron chi connectivity index (χ2n) is 5.01. The van der Waals surface area contributed by atoms with Gasteiger partial charge in [0.1, 0.15) is 17.4 Å². The molecule has 6 nitrogen and oxygen atoms in total. The Bertz CT molecular complexity index is 831. The highest BCUT2D eigenvalue weighted by Gasteiger charge is 2.10. The van der Waals surface area contributed by atoms with Crippen LogP contribution >= 0.6 is 0 Å². The third kappa shape index (κ3) is 4.94. The van der Waals surface area contributed by atoms with Crippen LogP contribution in [0.2, 0.25) is 0 Å². The number of benzene rings is 2. The topological polar surface area (TPSA) is 99.4 Å². The number of anilines is 1. The molecule has 0 aliphatic heterocycles. The number of ether oxygens (including phenoxy) is 1. The minimum atomic E-state index is -1.05. The highest BCUT2D eigenvalue weighted by molar-refractivity contribution is 6.09. The lowest BCUT2D eigenvalue weighted by atomic mass is 10.1. The van der Waals surface area contributed by atoms with Crippen LogP contribution in [0.1, 0.15) is 22.8 Å². The van der Waals surface area contributed by atoms with E-state index in [0.29, 0.717) is 23.6 Å². The van der Waals surface area contributed by atoms with Gasteiger partial charge in [0.15, 0.2) is 0 Å². The number of nitriles is 1. The van der Waals surface area contributed by atoms with Crippen molar-refractivity contribution in [3.63, 3.8) is 0 Å². The highest BCUT2D eigenvalue weighted by atomic mass is 16.5. The molecule has 0 aliphatic rings. The molecule has 2 aromatic rings. The van der Waals surface area contributed by atoms with Gasteiger partial charge in [0.25, 0.3) is 5.91 Å². The predicted octanol–water partition coefficient (Wildman–Crippen LogP) is 3.33. The molecular weight excluding hydrogens is 320 g/mol. The minimum Gasteiger partial charge on any atom is -0.494 e. The zero-order valence-corrected chi connectivity index (χ0v) is 13.5. The molecule has 1 amide bonds. The van der Waals surface area contributed by atoms with Gasteiger partial charge in [-0.3, -0.25) is 4.79 Å². The summed E-state index contributed by atoms with van der Waals surface area (Å²) in [7, 11) is 0. The molecule has 0 saturated heterocycles. The molecule has 0 fully saturated rings. The zero-order chi connectivity index (χ0) is 18.2. The van der Waals surface area contributed by atoms with Crippen molar-refractivity contribution in [3.8, 4) is 11.8 Å². The van der Waals surface area contributed by atoms with Gasteiger partial charge < -0.3 is 15.2 Å². The number of aromatic carboxylic acids is 1.